The predicted octanol–water partition coefficient (Wildman–Crippen LogP) is 7.21. The Hall–Kier alpha value is -2.46. The van der Waals surface area contributed by atoms with Crippen LogP contribution in [0, 0.1) is 17.8 Å². The molecule has 2 aliphatic rings. The summed E-state index contributed by atoms with van der Waals surface area (Å²) in [7, 11) is 1.63. The Morgan fingerprint density at radius 1 is 1.02 bits per heavy atom. The number of nitrogens with zero attached hydrogens (tertiary/aromatic N) is 1. The standard InChI is InChI=1S/C38H62N2O7S/c1-5-6-12-17-29(47-37(45)40(4)38(2,3)36(44)39-21-13-10-8-7-9-11-14-22-48)19-20-30-31-23-27-16-15-18-34(46-26-35(42)43)32(27)24-28(31)25-33(30)41/h15-16,18,28-31,33,41,48H,5-14,17,19-26H2,1-4H3,(H,39,44)(H,42,43)/t28-,29-,30+,31-,33+/m0/s1. The van der Waals surface area contributed by atoms with Gasteiger partial charge in [0, 0.05) is 13.6 Å². The first kappa shape index (κ1) is 40.0. The molecular formula is C38H62N2O7S. The van der Waals surface area contributed by atoms with Gasteiger partial charge in [-0.2, -0.15) is 12.6 Å². The van der Waals surface area contributed by atoms with Crippen molar-refractivity contribution in [3.8, 4) is 5.75 Å². The van der Waals surface area contributed by atoms with Crippen molar-refractivity contribution in [2.24, 2.45) is 17.8 Å². The molecular weight excluding hydrogens is 628 g/mol. The first-order valence-corrected chi connectivity index (χ1v) is 19.1. The molecule has 0 heterocycles. The molecule has 0 bridgehead atoms. The van der Waals surface area contributed by atoms with Crippen molar-refractivity contribution >= 4 is 30.6 Å². The molecule has 3 rings (SSSR count). The van der Waals surface area contributed by atoms with Crippen molar-refractivity contribution in [3.63, 3.8) is 0 Å². The molecule has 0 spiro atoms. The van der Waals surface area contributed by atoms with Crippen molar-refractivity contribution in [2.75, 3.05) is 26.0 Å². The number of aliphatic hydroxyl groups excluding tert-OH is 1. The number of rotatable bonds is 22. The maximum Gasteiger partial charge on any atom is 0.410 e. The summed E-state index contributed by atoms with van der Waals surface area (Å²) in [6, 6.07) is 5.82. The third-order valence-electron chi connectivity index (χ3n) is 10.7. The summed E-state index contributed by atoms with van der Waals surface area (Å²) in [6.45, 7) is 5.88. The number of ether oxygens (including phenoxy) is 2. The van der Waals surface area contributed by atoms with Crippen molar-refractivity contribution in [1.82, 2.24) is 10.2 Å². The minimum atomic E-state index is -1.06. The van der Waals surface area contributed by atoms with E-state index in [1.807, 2.05) is 12.1 Å². The van der Waals surface area contributed by atoms with Crippen molar-refractivity contribution in [2.45, 2.75) is 141 Å². The molecule has 272 valence electrons. The van der Waals surface area contributed by atoms with Crippen LogP contribution in [0.1, 0.15) is 122 Å². The van der Waals surface area contributed by atoms with E-state index in [1.54, 1.807) is 20.9 Å². The van der Waals surface area contributed by atoms with Crippen LogP contribution in [0.5, 0.6) is 5.75 Å². The third kappa shape index (κ3) is 11.9. The Kier molecular flexibility index (Phi) is 16.9. The average molecular weight is 691 g/mol. The summed E-state index contributed by atoms with van der Waals surface area (Å²) in [5.41, 5.74) is 1.16. The third-order valence-corrected chi connectivity index (χ3v) is 11.0. The van der Waals surface area contributed by atoms with E-state index < -0.39 is 23.7 Å². The Morgan fingerprint density at radius 3 is 2.42 bits per heavy atom. The first-order valence-electron chi connectivity index (χ1n) is 18.5. The number of carboxylic acids is 1. The van der Waals surface area contributed by atoms with Crippen LogP contribution in [0.4, 0.5) is 4.79 Å². The number of carbonyl (C=O) groups excluding carboxylic acids is 2. The second-order valence-electron chi connectivity index (χ2n) is 14.5. The van der Waals surface area contributed by atoms with Crippen LogP contribution in [-0.2, 0) is 27.2 Å². The zero-order valence-corrected chi connectivity index (χ0v) is 30.8. The van der Waals surface area contributed by atoms with Gasteiger partial charge in [-0.05, 0) is 112 Å². The summed E-state index contributed by atoms with van der Waals surface area (Å²) in [4.78, 5) is 39.1. The smallest absolute Gasteiger partial charge is 0.410 e. The SMILES string of the molecule is CCCCC[C@@H](CC[C@@H]1[C@H]2Cc3cccc(OCC(=O)O)c3C[C@H]2C[C@H]1O)OC(=O)N(C)C(C)(C)C(=O)NCCCCCCCCCS. The number of hydrogen-bond acceptors (Lipinski definition) is 7. The number of fused-ring (bicyclic) bond motifs is 2. The van der Waals surface area contributed by atoms with E-state index in [4.69, 9.17) is 14.6 Å². The zero-order chi connectivity index (χ0) is 35.1. The van der Waals surface area contributed by atoms with Gasteiger partial charge in [0.1, 0.15) is 17.4 Å². The van der Waals surface area contributed by atoms with Gasteiger partial charge in [0.15, 0.2) is 6.61 Å². The summed E-state index contributed by atoms with van der Waals surface area (Å²) in [5.74, 6) is 1.07. The monoisotopic (exact) mass is 690 g/mol. The van der Waals surface area contributed by atoms with Gasteiger partial charge in [-0.1, -0.05) is 64.0 Å². The van der Waals surface area contributed by atoms with Crippen LogP contribution in [-0.4, -0.2) is 76.8 Å². The molecule has 0 unspecified atom stereocenters. The van der Waals surface area contributed by atoms with Crippen molar-refractivity contribution < 1.29 is 34.1 Å². The second kappa shape index (κ2) is 20.3. The van der Waals surface area contributed by atoms with Crippen LogP contribution in [0.25, 0.3) is 0 Å². The lowest BCUT2D eigenvalue weighted by Gasteiger charge is -2.35. The van der Waals surface area contributed by atoms with E-state index in [-0.39, 0.29) is 24.5 Å². The number of carboxylic acid groups (broad SMARTS) is 1. The number of benzene rings is 1. The molecule has 9 nitrogen and oxygen atoms in total. The van der Waals surface area contributed by atoms with Gasteiger partial charge in [0.25, 0.3) is 0 Å². The van der Waals surface area contributed by atoms with Gasteiger partial charge in [-0.3, -0.25) is 9.69 Å². The number of carbonyl (C=O) groups is 3. The molecule has 1 aromatic rings. The second-order valence-corrected chi connectivity index (χ2v) is 15.0. The highest BCUT2D eigenvalue weighted by molar-refractivity contribution is 7.80. The van der Waals surface area contributed by atoms with Gasteiger partial charge in [0.05, 0.1) is 6.10 Å². The van der Waals surface area contributed by atoms with Gasteiger partial charge in [-0.15, -0.1) is 0 Å². The highest BCUT2D eigenvalue weighted by Gasteiger charge is 2.45. The Balaban J connectivity index is 1.54. The highest BCUT2D eigenvalue weighted by Crippen LogP contribution is 2.48. The van der Waals surface area contributed by atoms with E-state index in [2.05, 4.69) is 30.9 Å². The molecule has 0 aliphatic heterocycles. The lowest BCUT2D eigenvalue weighted by Crippen LogP contribution is -2.56. The zero-order valence-electron chi connectivity index (χ0n) is 29.9. The summed E-state index contributed by atoms with van der Waals surface area (Å²) < 4.78 is 11.7. The lowest BCUT2D eigenvalue weighted by atomic mass is 9.73. The van der Waals surface area contributed by atoms with Crippen LogP contribution >= 0.6 is 12.6 Å². The molecule has 0 aromatic heterocycles. The number of aliphatic carboxylic acids is 1. The number of likely N-dealkylation sites (N-methyl/N-ethyl adjacent to an activating group) is 1. The molecule has 1 aromatic carbocycles. The van der Waals surface area contributed by atoms with Crippen LogP contribution in [0.2, 0.25) is 0 Å². The fourth-order valence-corrected chi connectivity index (χ4v) is 7.71. The predicted molar refractivity (Wildman–Crippen MR) is 193 cm³/mol. The number of thiol groups is 1. The first-order chi connectivity index (χ1) is 23.0. The van der Waals surface area contributed by atoms with E-state index in [9.17, 15) is 19.5 Å². The normalized spacial score (nSPS) is 20.8. The molecule has 48 heavy (non-hydrogen) atoms. The van der Waals surface area contributed by atoms with Gasteiger partial charge >= 0.3 is 12.1 Å². The highest BCUT2D eigenvalue weighted by atomic mass is 32.1. The maximum atomic E-state index is 13.4. The van der Waals surface area contributed by atoms with E-state index in [1.165, 1.54) is 30.6 Å². The van der Waals surface area contributed by atoms with Crippen LogP contribution in [0.3, 0.4) is 0 Å². The summed E-state index contributed by atoms with van der Waals surface area (Å²) >= 11 is 4.26. The molecule has 0 radical (unpaired) electrons. The topological polar surface area (TPSA) is 125 Å². The van der Waals surface area contributed by atoms with Crippen molar-refractivity contribution in [1.29, 1.82) is 0 Å². The molecule has 2 aliphatic carbocycles. The molecule has 2 amide bonds. The Bertz CT molecular complexity index is 1160. The number of unbranched alkanes of at least 4 members (excludes halogenated alkanes) is 8. The average Bonchev–Trinajstić information content (AvgIpc) is 3.36. The number of nitrogens with one attached hydrogen (secondary N) is 1. The van der Waals surface area contributed by atoms with Gasteiger partial charge in [-0.25, -0.2) is 9.59 Å². The quantitative estimate of drug-likeness (QED) is 0.0748. The fraction of sp³-hybridized carbons (Fsp3) is 0.763. The van der Waals surface area contributed by atoms with Gasteiger partial charge < -0.3 is 25.0 Å². The van der Waals surface area contributed by atoms with E-state index in [0.717, 1.165) is 81.1 Å². The minimum Gasteiger partial charge on any atom is -0.482 e. The van der Waals surface area contributed by atoms with E-state index >= 15 is 0 Å². The van der Waals surface area contributed by atoms with Crippen LogP contribution in [0.15, 0.2) is 18.2 Å². The van der Waals surface area contributed by atoms with Gasteiger partial charge in [0.2, 0.25) is 5.91 Å². The lowest BCUT2D eigenvalue weighted by molar-refractivity contribution is -0.139. The maximum absolute atomic E-state index is 13.4. The number of aliphatic hydroxyl groups is 1. The molecule has 1 saturated carbocycles. The molecule has 3 N–H and O–H groups in total. The number of amides is 2. The largest absolute Gasteiger partial charge is 0.482 e. The van der Waals surface area contributed by atoms with E-state index in [0.29, 0.717) is 37.0 Å². The van der Waals surface area contributed by atoms with Crippen LogP contribution < -0.4 is 10.1 Å². The molecule has 0 saturated heterocycles. The Morgan fingerprint density at radius 2 is 1.73 bits per heavy atom. The molecule has 1 fully saturated rings. The number of hydrogen-bond donors (Lipinski definition) is 4. The minimum absolute atomic E-state index is 0.0899. The summed E-state index contributed by atoms with van der Waals surface area (Å²) in [6.07, 6.45) is 14.3. The fourth-order valence-electron chi connectivity index (χ4n) is 7.48. The molecule has 10 heteroatoms. The molecule has 5 atom stereocenters. The Labute approximate surface area is 294 Å². The van der Waals surface area contributed by atoms with Crippen molar-refractivity contribution in [3.05, 3.63) is 29.3 Å². The summed E-state index contributed by atoms with van der Waals surface area (Å²) in [5, 5.41) is 23.3.